The number of amides is 1. The first-order valence-corrected chi connectivity index (χ1v) is 6.59. The molecule has 122 valence electrons. The van der Waals surface area contributed by atoms with Crippen molar-refractivity contribution in [2.45, 2.75) is 12.7 Å². The Bertz CT molecular complexity index is 769. The highest BCUT2D eigenvalue weighted by Crippen LogP contribution is 2.29. The predicted octanol–water partition coefficient (Wildman–Crippen LogP) is 1.25. The fraction of sp³-hybridized carbons (Fsp3) is 0.308. The molecule has 0 aliphatic carbocycles. The summed E-state index contributed by atoms with van der Waals surface area (Å²) in [5.41, 5.74) is -0.581. The van der Waals surface area contributed by atoms with Crippen molar-refractivity contribution >= 4 is 11.6 Å². The molecule has 2 aromatic heterocycles. The molecule has 3 heterocycles. The standard InChI is InChI=1S/C13H11F3N4O3/c14-13(15,16)8-1-2-10-18-19-11(20(10)6-8)5-17-12(21)9-7-22-3-4-23-9/h1-2,6-7H,3-5H2,(H,17,21). The first kappa shape index (κ1) is 15.1. The summed E-state index contributed by atoms with van der Waals surface area (Å²) in [5, 5.41) is 10.0. The molecular formula is C13H11F3N4O3. The van der Waals surface area contributed by atoms with Crippen LogP contribution in [0.1, 0.15) is 11.4 Å². The Hall–Kier alpha value is -2.78. The molecule has 0 saturated heterocycles. The van der Waals surface area contributed by atoms with Gasteiger partial charge in [0.2, 0.25) is 5.76 Å². The Labute approximate surface area is 127 Å². The lowest BCUT2D eigenvalue weighted by molar-refractivity contribution is -0.137. The van der Waals surface area contributed by atoms with Crippen LogP contribution < -0.4 is 5.32 Å². The van der Waals surface area contributed by atoms with Crippen LogP contribution in [0.5, 0.6) is 0 Å². The summed E-state index contributed by atoms with van der Waals surface area (Å²) in [6.45, 7) is 0.496. The molecule has 3 rings (SSSR count). The van der Waals surface area contributed by atoms with Crippen molar-refractivity contribution in [2.24, 2.45) is 0 Å². The van der Waals surface area contributed by atoms with Crippen LogP contribution >= 0.6 is 0 Å². The maximum Gasteiger partial charge on any atom is 0.417 e. The van der Waals surface area contributed by atoms with Crippen molar-refractivity contribution in [2.75, 3.05) is 13.2 Å². The SMILES string of the molecule is O=C(NCc1nnc2ccc(C(F)(F)F)cn12)C1=COCCO1. The molecular weight excluding hydrogens is 317 g/mol. The van der Waals surface area contributed by atoms with Gasteiger partial charge in [-0.25, -0.2) is 0 Å². The Balaban J connectivity index is 1.77. The molecule has 0 atom stereocenters. The van der Waals surface area contributed by atoms with Crippen molar-refractivity contribution in [3.8, 4) is 0 Å². The van der Waals surface area contributed by atoms with E-state index in [-0.39, 0.29) is 30.4 Å². The van der Waals surface area contributed by atoms with Gasteiger partial charge in [0.1, 0.15) is 19.5 Å². The molecule has 1 N–H and O–H groups in total. The third-order valence-corrected chi connectivity index (χ3v) is 3.08. The van der Waals surface area contributed by atoms with E-state index in [4.69, 9.17) is 9.47 Å². The van der Waals surface area contributed by atoms with Crippen LogP contribution in [0.4, 0.5) is 13.2 Å². The molecule has 1 aliphatic rings. The summed E-state index contributed by atoms with van der Waals surface area (Å²) >= 11 is 0. The summed E-state index contributed by atoms with van der Waals surface area (Å²) in [6, 6.07) is 2.13. The summed E-state index contributed by atoms with van der Waals surface area (Å²) in [6.07, 6.45) is -2.41. The number of fused-ring (bicyclic) bond motifs is 1. The highest BCUT2D eigenvalue weighted by atomic mass is 19.4. The van der Waals surface area contributed by atoms with E-state index in [0.29, 0.717) is 6.61 Å². The molecule has 0 unspecified atom stereocenters. The number of hydrogen-bond acceptors (Lipinski definition) is 5. The van der Waals surface area contributed by atoms with E-state index < -0.39 is 17.6 Å². The van der Waals surface area contributed by atoms with E-state index in [1.54, 1.807) is 0 Å². The number of rotatable bonds is 3. The largest absolute Gasteiger partial charge is 0.494 e. The van der Waals surface area contributed by atoms with Gasteiger partial charge in [0.25, 0.3) is 5.91 Å². The molecule has 1 aliphatic heterocycles. The Morgan fingerprint density at radius 1 is 1.30 bits per heavy atom. The van der Waals surface area contributed by atoms with Crippen LogP contribution in [0.25, 0.3) is 5.65 Å². The summed E-state index contributed by atoms with van der Waals surface area (Å²) in [5.74, 6) is -0.383. The molecule has 10 heteroatoms. The topological polar surface area (TPSA) is 77.8 Å². The third kappa shape index (κ3) is 3.20. The lowest BCUT2D eigenvalue weighted by Crippen LogP contribution is -2.28. The van der Waals surface area contributed by atoms with E-state index in [9.17, 15) is 18.0 Å². The smallest absolute Gasteiger partial charge is 0.417 e. The molecule has 1 amide bonds. The second-order valence-electron chi connectivity index (χ2n) is 4.64. The van der Waals surface area contributed by atoms with Gasteiger partial charge in [0.05, 0.1) is 12.1 Å². The maximum atomic E-state index is 12.7. The van der Waals surface area contributed by atoms with Gasteiger partial charge >= 0.3 is 6.18 Å². The van der Waals surface area contributed by atoms with Gasteiger partial charge in [-0.2, -0.15) is 13.2 Å². The molecule has 0 spiro atoms. The van der Waals surface area contributed by atoms with Gasteiger partial charge in [-0.15, -0.1) is 10.2 Å². The van der Waals surface area contributed by atoms with Crippen molar-refractivity contribution in [1.82, 2.24) is 19.9 Å². The van der Waals surface area contributed by atoms with E-state index >= 15 is 0 Å². The fourth-order valence-corrected chi connectivity index (χ4v) is 1.96. The molecule has 0 radical (unpaired) electrons. The summed E-state index contributed by atoms with van der Waals surface area (Å²) in [7, 11) is 0. The van der Waals surface area contributed by atoms with Crippen LogP contribution in [0.3, 0.4) is 0 Å². The number of aromatic nitrogens is 3. The molecule has 23 heavy (non-hydrogen) atoms. The highest BCUT2D eigenvalue weighted by molar-refractivity contribution is 5.91. The number of pyridine rings is 1. The Morgan fingerprint density at radius 3 is 2.83 bits per heavy atom. The number of halogens is 3. The van der Waals surface area contributed by atoms with Crippen LogP contribution in [-0.2, 0) is 27.0 Å². The predicted molar refractivity (Wildman–Crippen MR) is 69.8 cm³/mol. The number of carbonyl (C=O) groups is 1. The van der Waals surface area contributed by atoms with Crippen LogP contribution in [0.15, 0.2) is 30.4 Å². The number of ether oxygens (including phenoxy) is 2. The molecule has 0 fully saturated rings. The summed E-state index contributed by atoms with van der Waals surface area (Å²) < 4.78 is 49.5. The number of hydrogen-bond donors (Lipinski definition) is 1. The first-order chi connectivity index (χ1) is 10.9. The monoisotopic (exact) mass is 328 g/mol. The van der Waals surface area contributed by atoms with Crippen molar-refractivity contribution < 1.29 is 27.4 Å². The number of nitrogens with one attached hydrogen (secondary N) is 1. The lowest BCUT2D eigenvalue weighted by Gasteiger charge is -2.14. The average Bonchev–Trinajstić information content (AvgIpc) is 2.95. The number of nitrogens with zero attached hydrogens (tertiary/aromatic N) is 3. The number of carbonyl (C=O) groups excluding carboxylic acids is 1. The first-order valence-electron chi connectivity index (χ1n) is 6.59. The van der Waals surface area contributed by atoms with Crippen LogP contribution in [-0.4, -0.2) is 33.7 Å². The van der Waals surface area contributed by atoms with Gasteiger partial charge < -0.3 is 14.8 Å². The second kappa shape index (κ2) is 5.78. The molecule has 2 aromatic rings. The number of alkyl halides is 3. The molecule has 0 bridgehead atoms. The quantitative estimate of drug-likeness (QED) is 0.918. The van der Waals surface area contributed by atoms with Gasteiger partial charge in [-0.3, -0.25) is 9.20 Å². The van der Waals surface area contributed by atoms with Crippen molar-refractivity contribution in [3.05, 3.63) is 41.7 Å². The van der Waals surface area contributed by atoms with E-state index in [0.717, 1.165) is 12.3 Å². The lowest BCUT2D eigenvalue weighted by atomic mass is 10.3. The summed E-state index contributed by atoms with van der Waals surface area (Å²) in [4.78, 5) is 11.8. The van der Waals surface area contributed by atoms with E-state index in [1.165, 1.54) is 16.7 Å². The molecule has 0 saturated carbocycles. The zero-order valence-electron chi connectivity index (χ0n) is 11.6. The second-order valence-corrected chi connectivity index (χ2v) is 4.64. The Kier molecular flexibility index (Phi) is 3.80. The Morgan fingerprint density at radius 2 is 2.13 bits per heavy atom. The van der Waals surface area contributed by atoms with Crippen molar-refractivity contribution in [1.29, 1.82) is 0 Å². The third-order valence-electron chi connectivity index (χ3n) is 3.08. The molecule has 0 aromatic carbocycles. The minimum atomic E-state index is -4.48. The molecule has 7 nitrogen and oxygen atoms in total. The van der Waals surface area contributed by atoms with Gasteiger partial charge in [0.15, 0.2) is 11.5 Å². The average molecular weight is 328 g/mol. The fourth-order valence-electron chi connectivity index (χ4n) is 1.96. The van der Waals surface area contributed by atoms with Gasteiger partial charge in [-0.05, 0) is 12.1 Å². The minimum absolute atomic E-state index is 0.000974. The van der Waals surface area contributed by atoms with Gasteiger partial charge in [0, 0.05) is 6.20 Å². The maximum absolute atomic E-state index is 12.7. The normalized spacial score (nSPS) is 14.8. The van der Waals surface area contributed by atoms with E-state index in [1.807, 2.05) is 0 Å². The van der Waals surface area contributed by atoms with E-state index in [2.05, 4.69) is 15.5 Å². The van der Waals surface area contributed by atoms with Gasteiger partial charge in [-0.1, -0.05) is 0 Å². The van der Waals surface area contributed by atoms with Crippen LogP contribution in [0.2, 0.25) is 0 Å². The minimum Gasteiger partial charge on any atom is -0.494 e. The highest BCUT2D eigenvalue weighted by Gasteiger charge is 2.31. The zero-order valence-corrected chi connectivity index (χ0v) is 11.6. The zero-order chi connectivity index (χ0) is 16.4. The van der Waals surface area contributed by atoms with Crippen molar-refractivity contribution in [3.63, 3.8) is 0 Å². The van der Waals surface area contributed by atoms with Crippen LogP contribution in [0, 0.1) is 0 Å².